The van der Waals surface area contributed by atoms with Gasteiger partial charge >= 0.3 is 12.0 Å². The van der Waals surface area contributed by atoms with Gasteiger partial charge in [-0.25, -0.2) is 14.6 Å². The number of benzene rings is 3. The van der Waals surface area contributed by atoms with E-state index < -0.39 is 0 Å². The summed E-state index contributed by atoms with van der Waals surface area (Å²) >= 11 is 1.71. The molecule has 3 aromatic rings. The Morgan fingerprint density at radius 2 is 1.80 bits per heavy atom. The van der Waals surface area contributed by atoms with Crippen LogP contribution in [0.25, 0.3) is 10.8 Å². The van der Waals surface area contributed by atoms with Crippen molar-refractivity contribution < 1.29 is 14.3 Å². The van der Waals surface area contributed by atoms with Gasteiger partial charge in [0.05, 0.1) is 30.1 Å². The van der Waals surface area contributed by atoms with Crippen LogP contribution >= 0.6 is 11.8 Å². The van der Waals surface area contributed by atoms with Crippen molar-refractivity contribution in [3.8, 4) is 0 Å². The van der Waals surface area contributed by atoms with Gasteiger partial charge in [-0.15, -0.1) is 0 Å². The molecular formula is C27H26N4O3S. The Morgan fingerprint density at radius 3 is 2.60 bits per heavy atom. The number of methoxy groups -OCH3 is 1. The fraction of sp³-hybridized carbons (Fsp3) is 0.222. The number of carbonyl (C=O) groups excluding carboxylic acids is 2. The van der Waals surface area contributed by atoms with Crippen molar-refractivity contribution in [3.63, 3.8) is 0 Å². The summed E-state index contributed by atoms with van der Waals surface area (Å²) in [6.07, 6.45) is 1.02. The number of thioether (sulfide) groups is 1. The topological polar surface area (TPSA) is 83.0 Å². The molecule has 1 saturated heterocycles. The number of rotatable bonds is 4. The second kappa shape index (κ2) is 9.84. The van der Waals surface area contributed by atoms with Crippen molar-refractivity contribution in [3.05, 3.63) is 83.6 Å². The molecule has 0 aromatic heterocycles. The van der Waals surface area contributed by atoms with Gasteiger partial charge in [0.2, 0.25) is 0 Å². The minimum atomic E-state index is -0.373. The first-order valence-electron chi connectivity index (χ1n) is 11.5. The van der Waals surface area contributed by atoms with Crippen LogP contribution in [0.1, 0.15) is 24.9 Å². The number of anilines is 2. The second-order valence-electron chi connectivity index (χ2n) is 8.41. The molecule has 0 aliphatic carbocycles. The highest BCUT2D eigenvalue weighted by Gasteiger charge is 2.37. The monoisotopic (exact) mass is 486 g/mol. The number of ether oxygens (including phenoxy) is 1. The zero-order valence-corrected chi connectivity index (χ0v) is 20.4. The molecular weight excluding hydrogens is 460 g/mol. The van der Waals surface area contributed by atoms with E-state index >= 15 is 0 Å². The fourth-order valence-electron chi connectivity index (χ4n) is 4.55. The van der Waals surface area contributed by atoms with Crippen LogP contribution in [0.2, 0.25) is 0 Å². The highest BCUT2D eigenvalue weighted by atomic mass is 32.2. The molecule has 7 nitrogen and oxygen atoms in total. The molecule has 35 heavy (non-hydrogen) atoms. The molecule has 1 fully saturated rings. The molecule has 2 amide bonds. The summed E-state index contributed by atoms with van der Waals surface area (Å²) in [7, 11) is 1.39. The van der Waals surface area contributed by atoms with Crippen molar-refractivity contribution in [2.75, 3.05) is 30.0 Å². The zero-order valence-electron chi connectivity index (χ0n) is 19.6. The van der Waals surface area contributed by atoms with Crippen LogP contribution in [-0.4, -0.2) is 41.5 Å². The van der Waals surface area contributed by atoms with Gasteiger partial charge in [-0.2, -0.15) is 0 Å². The Labute approximate surface area is 208 Å². The third-order valence-corrected chi connectivity index (χ3v) is 7.26. The summed E-state index contributed by atoms with van der Waals surface area (Å²) in [5.41, 5.74) is 3.58. The number of nitrogens with one attached hydrogen (secondary N) is 2. The first-order chi connectivity index (χ1) is 17.0. The maximum Gasteiger partial charge on any atom is 0.338 e. The molecule has 3 aromatic carbocycles. The summed E-state index contributed by atoms with van der Waals surface area (Å²) in [6, 6.07) is 20.7. The van der Waals surface area contributed by atoms with Gasteiger partial charge < -0.3 is 20.3 Å². The lowest BCUT2D eigenvalue weighted by molar-refractivity contribution is -0.136. The predicted molar refractivity (Wildman–Crippen MR) is 142 cm³/mol. The standard InChI is InChI=1S/C27H26N4O3S/c1-17-23(25(32)34-2)24(31-15-6-16-35-27(31)28-17)19-11-13-20(14-12-19)29-26(33)30-22-10-5-8-18-7-3-4-9-21(18)22/h3-5,7-14,24H,6,15-16H2,1-2H3,(H2,29,30,33). The van der Waals surface area contributed by atoms with E-state index in [0.717, 1.165) is 45.9 Å². The lowest BCUT2D eigenvalue weighted by Gasteiger charge is -2.40. The van der Waals surface area contributed by atoms with Crippen molar-refractivity contribution in [1.29, 1.82) is 0 Å². The van der Waals surface area contributed by atoms with E-state index in [-0.39, 0.29) is 18.0 Å². The molecule has 178 valence electrons. The van der Waals surface area contributed by atoms with E-state index in [0.29, 0.717) is 17.0 Å². The van der Waals surface area contributed by atoms with Crippen LogP contribution in [0.15, 0.2) is 83.0 Å². The van der Waals surface area contributed by atoms with Gasteiger partial charge in [0.15, 0.2) is 5.17 Å². The summed E-state index contributed by atoms with van der Waals surface area (Å²) in [5, 5.41) is 8.81. The Hall–Kier alpha value is -3.78. The van der Waals surface area contributed by atoms with Crippen molar-refractivity contribution in [2.45, 2.75) is 19.4 Å². The summed E-state index contributed by atoms with van der Waals surface area (Å²) in [4.78, 5) is 32.2. The number of allylic oxidation sites excluding steroid dienone is 1. The number of amidine groups is 1. The van der Waals surface area contributed by atoms with E-state index in [9.17, 15) is 9.59 Å². The summed E-state index contributed by atoms with van der Waals surface area (Å²) < 4.78 is 5.09. The van der Waals surface area contributed by atoms with Crippen LogP contribution < -0.4 is 10.6 Å². The number of esters is 1. The van der Waals surface area contributed by atoms with E-state index in [2.05, 4.69) is 20.5 Å². The van der Waals surface area contributed by atoms with E-state index in [1.165, 1.54) is 7.11 Å². The zero-order chi connectivity index (χ0) is 24.4. The molecule has 5 rings (SSSR count). The van der Waals surface area contributed by atoms with Crippen LogP contribution in [-0.2, 0) is 9.53 Å². The third-order valence-electron chi connectivity index (χ3n) is 6.19. The lowest BCUT2D eigenvalue weighted by Crippen LogP contribution is -2.42. The minimum Gasteiger partial charge on any atom is -0.466 e. The molecule has 2 heterocycles. The number of aliphatic imine (C=N–C) groups is 1. The molecule has 0 spiro atoms. The lowest BCUT2D eigenvalue weighted by atomic mass is 9.94. The Kier molecular flexibility index (Phi) is 6.46. The quantitative estimate of drug-likeness (QED) is 0.457. The van der Waals surface area contributed by atoms with E-state index in [1.54, 1.807) is 11.8 Å². The number of urea groups is 1. The number of nitrogens with zero attached hydrogens (tertiary/aromatic N) is 2. The molecule has 1 unspecified atom stereocenters. The maximum atomic E-state index is 12.7. The smallest absolute Gasteiger partial charge is 0.338 e. The normalized spacial score (nSPS) is 17.5. The van der Waals surface area contributed by atoms with Gasteiger partial charge in [0, 0.05) is 23.4 Å². The molecule has 0 radical (unpaired) electrons. The van der Waals surface area contributed by atoms with Crippen molar-refractivity contribution in [2.24, 2.45) is 4.99 Å². The number of carbonyl (C=O) groups is 2. The highest BCUT2D eigenvalue weighted by Crippen LogP contribution is 2.40. The van der Waals surface area contributed by atoms with Crippen molar-refractivity contribution >= 4 is 51.1 Å². The second-order valence-corrected chi connectivity index (χ2v) is 9.47. The van der Waals surface area contributed by atoms with Gasteiger partial charge in [0.25, 0.3) is 0 Å². The van der Waals surface area contributed by atoms with E-state index in [4.69, 9.17) is 4.74 Å². The van der Waals surface area contributed by atoms with E-state index in [1.807, 2.05) is 73.7 Å². The third kappa shape index (κ3) is 4.61. The molecule has 2 aliphatic rings. The Balaban J connectivity index is 1.36. The molecule has 2 N–H and O–H groups in total. The summed E-state index contributed by atoms with van der Waals surface area (Å²) in [6.45, 7) is 2.67. The molecule has 1 atom stereocenters. The van der Waals surface area contributed by atoms with Gasteiger partial charge in [-0.1, -0.05) is 60.3 Å². The first-order valence-corrected chi connectivity index (χ1v) is 12.5. The average Bonchev–Trinajstić information content (AvgIpc) is 2.88. The average molecular weight is 487 g/mol. The number of hydrogen-bond donors (Lipinski definition) is 2. The van der Waals surface area contributed by atoms with Crippen LogP contribution in [0.4, 0.5) is 16.2 Å². The maximum absolute atomic E-state index is 12.7. The Bertz CT molecular complexity index is 1340. The van der Waals surface area contributed by atoms with Gasteiger partial charge in [-0.3, -0.25) is 0 Å². The molecule has 2 aliphatic heterocycles. The fourth-order valence-corrected chi connectivity index (χ4v) is 5.57. The van der Waals surface area contributed by atoms with Crippen LogP contribution in [0.5, 0.6) is 0 Å². The van der Waals surface area contributed by atoms with Crippen molar-refractivity contribution in [1.82, 2.24) is 4.90 Å². The minimum absolute atomic E-state index is 0.277. The number of amides is 2. The first kappa shape index (κ1) is 23.0. The number of hydrogen-bond acceptors (Lipinski definition) is 6. The van der Waals surface area contributed by atoms with Gasteiger partial charge in [-0.05, 0) is 42.5 Å². The number of fused-ring (bicyclic) bond motifs is 2. The SMILES string of the molecule is COC(=O)C1=C(C)N=C2SCCCN2C1c1ccc(NC(=O)Nc2cccc3ccccc23)cc1. The largest absolute Gasteiger partial charge is 0.466 e. The predicted octanol–water partition coefficient (Wildman–Crippen LogP) is 5.78. The van der Waals surface area contributed by atoms with Crippen LogP contribution in [0.3, 0.4) is 0 Å². The van der Waals surface area contributed by atoms with Gasteiger partial charge in [0.1, 0.15) is 0 Å². The highest BCUT2D eigenvalue weighted by molar-refractivity contribution is 8.13. The van der Waals surface area contributed by atoms with Crippen LogP contribution in [0, 0.1) is 0 Å². The molecule has 8 heteroatoms. The molecule has 0 saturated carbocycles. The molecule has 0 bridgehead atoms. The Morgan fingerprint density at radius 1 is 1.03 bits per heavy atom. The summed E-state index contributed by atoms with van der Waals surface area (Å²) in [5.74, 6) is 0.639.